The number of thioether (sulfide) groups is 1. The van der Waals surface area contributed by atoms with Crippen molar-refractivity contribution in [1.29, 1.82) is 0 Å². The second-order valence-electron chi connectivity index (χ2n) is 5.72. The van der Waals surface area contributed by atoms with Gasteiger partial charge in [-0.2, -0.15) is 0 Å². The number of phenolic OH excluding ortho intramolecular Hbond substituents is 1. The number of hydrogen-bond donors (Lipinski definition) is 1. The van der Waals surface area contributed by atoms with Crippen molar-refractivity contribution in [3.05, 3.63) is 36.0 Å². The maximum atomic E-state index is 12.6. The third-order valence-corrected chi connectivity index (χ3v) is 4.95. The summed E-state index contributed by atoms with van der Waals surface area (Å²) < 4.78 is 0. The molecule has 0 heterocycles. The van der Waals surface area contributed by atoms with Gasteiger partial charge in [-0.15, -0.1) is 11.8 Å². The molecule has 0 bridgehead atoms. The zero-order valence-corrected chi connectivity index (χ0v) is 12.9. The summed E-state index contributed by atoms with van der Waals surface area (Å²) in [4.78, 5) is 15.7. The van der Waals surface area contributed by atoms with Gasteiger partial charge in [0.25, 0.3) is 0 Å². The first-order valence-electron chi connectivity index (χ1n) is 7.67. The Hall–Kier alpha value is -1.42. The Morgan fingerprint density at radius 1 is 1.24 bits per heavy atom. The van der Waals surface area contributed by atoms with Gasteiger partial charge in [-0.05, 0) is 62.8 Å². The van der Waals surface area contributed by atoms with Crippen LogP contribution in [-0.2, 0) is 4.79 Å². The molecule has 0 spiro atoms. The van der Waals surface area contributed by atoms with Crippen molar-refractivity contribution >= 4 is 17.7 Å². The summed E-state index contributed by atoms with van der Waals surface area (Å²) in [6, 6.07) is 7.48. The van der Waals surface area contributed by atoms with Crippen molar-refractivity contribution in [2.45, 2.75) is 49.5 Å². The Morgan fingerprint density at radius 3 is 2.62 bits per heavy atom. The molecular weight excluding hydrogens is 282 g/mol. The van der Waals surface area contributed by atoms with Gasteiger partial charge in [-0.1, -0.05) is 6.08 Å². The van der Waals surface area contributed by atoms with Crippen molar-refractivity contribution in [1.82, 2.24) is 4.90 Å². The second-order valence-corrected chi connectivity index (χ2v) is 6.77. The quantitative estimate of drug-likeness (QED) is 0.838. The molecule has 0 aliphatic heterocycles. The van der Waals surface area contributed by atoms with Gasteiger partial charge in [-0.25, -0.2) is 0 Å². The van der Waals surface area contributed by atoms with E-state index in [1.807, 2.05) is 12.1 Å². The number of amides is 1. The number of carbonyl (C=O) groups is 1. The van der Waals surface area contributed by atoms with E-state index in [0.717, 1.165) is 30.6 Å². The van der Waals surface area contributed by atoms with Gasteiger partial charge in [0.05, 0.1) is 5.75 Å². The molecule has 2 aliphatic carbocycles. The minimum absolute atomic E-state index is 0.226. The summed E-state index contributed by atoms with van der Waals surface area (Å²) in [5.74, 6) is 0.958. The molecule has 0 radical (unpaired) electrons. The van der Waals surface area contributed by atoms with Crippen LogP contribution in [-0.4, -0.2) is 27.7 Å². The van der Waals surface area contributed by atoms with Crippen LogP contribution >= 0.6 is 11.8 Å². The molecule has 0 saturated heterocycles. The van der Waals surface area contributed by atoms with Crippen LogP contribution < -0.4 is 0 Å². The van der Waals surface area contributed by atoms with Crippen LogP contribution in [0.5, 0.6) is 5.75 Å². The Kier molecular flexibility index (Phi) is 4.54. The standard InChI is InChI=1S/C17H21NO2S/c19-15-8-10-16(11-9-15)21-12-17(20)18(14-6-7-14)13-4-2-1-3-5-13/h4,8-11,14,19H,1-3,5-7,12H2. The molecule has 112 valence electrons. The Labute approximate surface area is 130 Å². The molecular formula is C17H21NO2S. The predicted molar refractivity (Wildman–Crippen MR) is 85.2 cm³/mol. The van der Waals surface area contributed by atoms with Crippen LogP contribution in [0, 0.1) is 0 Å². The monoisotopic (exact) mass is 303 g/mol. The van der Waals surface area contributed by atoms with Crippen LogP contribution in [0.2, 0.25) is 0 Å². The molecule has 1 aromatic carbocycles. The van der Waals surface area contributed by atoms with Gasteiger partial charge in [0.1, 0.15) is 5.75 Å². The van der Waals surface area contributed by atoms with Crippen molar-refractivity contribution < 1.29 is 9.90 Å². The second kappa shape index (κ2) is 6.56. The fourth-order valence-corrected chi connectivity index (χ4v) is 3.49. The summed E-state index contributed by atoms with van der Waals surface area (Å²) in [5, 5.41) is 9.28. The minimum Gasteiger partial charge on any atom is -0.508 e. The maximum Gasteiger partial charge on any atom is 0.237 e. The lowest BCUT2D eigenvalue weighted by Crippen LogP contribution is -2.34. The number of allylic oxidation sites excluding steroid dienone is 2. The molecule has 1 saturated carbocycles. The molecule has 21 heavy (non-hydrogen) atoms. The van der Waals surface area contributed by atoms with Gasteiger partial charge in [0, 0.05) is 16.6 Å². The summed E-state index contributed by atoms with van der Waals surface area (Å²) in [5.41, 5.74) is 1.25. The SMILES string of the molecule is O=C(CSc1ccc(O)cc1)N(C1=CCCCC1)C1CC1. The van der Waals surface area contributed by atoms with E-state index in [0.29, 0.717) is 11.8 Å². The molecule has 3 rings (SSSR count). The van der Waals surface area contributed by atoms with Crippen molar-refractivity contribution in [2.75, 3.05) is 5.75 Å². The highest BCUT2D eigenvalue weighted by Gasteiger charge is 2.34. The Bertz CT molecular complexity index is 534. The first kappa shape index (κ1) is 14.5. The molecule has 0 atom stereocenters. The topological polar surface area (TPSA) is 40.5 Å². The highest BCUT2D eigenvalue weighted by atomic mass is 32.2. The molecule has 1 fully saturated rings. The van der Waals surface area contributed by atoms with E-state index in [4.69, 9.17) is 0 Å². The van der Waals surface area contributed by atoms with Crippen LogP contribution in [0.4, 0.5) is 0 Å². The highest BCUT2D eigenvalue weighted by Crippen LogP contribution is 2.34. The number of carbonyl (C=O) groups excluding carboxylic acids is 1. The molecule has 0 unspecified atom stereocenters. The maximum absolute atomic E-state index is 12.6. The summed E-state index contributed by atoms with van der Waals surface area (Å²) >= 11 is 1.55. The van der Waals surface area contributed by atoms with Gasteiger partial charge < -0.3 is 10.0 Å². The lowest BCUT2D eigenvalue weighted by molar-refractivity contribution is -0.127. The number of aromatic hydroxyl groups is 1. The zero-order chi connectivity index (χ0) is 14.7. The van der Waals surface area contributed by atoms with E-state index >= 15 is 0 Å². The Balaban J connectivity index is 1.62. The zero-order valence-electron chi connectivity index (χ0n) is 12.1. The molecule has 1 N–H and O–H groups in total. The van der Waals surface area contributed by atoms with E-state index < -0.39 is 0 Å². The minimum atomic E-state index is 0.226. The number of nitrogens with zero attached hydrogens (tertiary/aromatic N) is 1. The fourth-order valence-electron chi connectivity index (χ4n) is 2.73. The lowest BCUT2D eigenvalue weighted by Gasteiger charge is -2.27. The summed E-state index contributed by atoms with van der Waals surface area (Å²) in [7, 11) is 0. The van der Waals surface area contributed by atoms with E-state index in [9.17, 15) is 9.90 Å². The molecule has 0 aromatic heterocycles. The number of rotatable bonds is 5. The number of hydrogen-bond acceptors (Lipinski definition) is 3. The van der Waals surface area contributed by atoms with Gasteiger partial charge in [-0.3, -0.25) is 4.79 Å². The molecule has 4 heteroatoms. The molecule has 1 amide bonds. The highest BCUT2D eigenvalue weighted by molar-refractivity contribution is 8.00. The predicted octanol–water partition coefficient (Wildman–Crippen LogP) is 3.93. The summed E-state index contributed by atoms with van der Waals surface area (Å²) in [6.07, 6.45) is 9.15. The first-order chi connectivity index (χ1) is 10.2. The number of benzene rings is 1. The van der Waals surface area contributed by atoms with Gasteiger partial charge in [0.2, 0.25) is 5.91 Å². The van der Waals surface area contributed by atoms with Crippen LogP contribution in [0.1, 0.15) is 38.5 Å². The van der Waals surface area contributed by atoms with E-state index in [-0.39, 0.29) is 11.7 Å². The molecule has 3 nitrogen and oxygen atoms in total. The van der Waals surface area contributed by atoms with E-state index in [1.165, 1.54) is 18.5 Å². The third-order valence-electron chi connectivity index (χ3n) is 3.96. The lowest BCUT2D eigenvalue weighted by atomic mass is 10.0. The fraction of sp³-hybridized carbons (Fsp3) is 0.471. The first-order valence-corrected chi connectivity index (χ1v) is 8.65. The average Bonchev–Trinajstić information content (AvgIpc) is 3.33. The van der Waals surface area contributed by atoms with Crippen LogP contribution in [0.3, 0.4) is 0 Å². The van der Waals surface area contributed by atoms with Crippen molar-refractivity contribution in [3.63, 3.8) is 0 Å². The summed E-state index contributed by atoms with van der Waals surface area (Å²) in [6.45, 7) is 0. The van der Waals surface area contributed by atoms with E-state index in [1.54, 1.807) is 23.9 Å². The van der Waals surface area contributed by atoms with Crippen molar-refractivity contribution in [2.24, 2.45) is 0 Å². The molecule has 1 aromatic rings. The van der Waals surface area contributed by atoms with Crippen molar-refractivity contribution in [3.8, 4) is 5.75 Å². The van der Waals surface area contributed by atoms with E-state index in [2.05, 4.69) is 11.0 Å². The van der Waals surface area contributed by atoms with Crippen LogP contribution in [0.15, 0.2) is 40.9 Å². The van der Waals surface area contributed by atoms with Gasteiger partial charge in [0.15, 0.2) is 0 Å². The Morgan fingerprint density at radius 2 is 2.00 bits per heavy atom. The average molecular weight is 303 g/mol. The smallest absolute Gasteiger partial charge is 0.237 e. The normalized spacial score (nSPS) is 18.2. The van der Waals surface area contributed by atoms with Crippen LogP contribution in [0.25, 0.3) is 0 Å². The third kappa shape index (κ3) is 3.82. The van der Waals surface area contributed by atoms with Gasteiger partial charge >= 0.3 is 0 Å². The number of phenols is 1. The molecule has 2 aliphatic rings. The largest absolute Gasteiger partial charge is 0.508 e.